The standard InChI is InChI=1S/C24H22FN3S/c1-17-7-9-19(10-8-17)22-15-23(20-11-13-21(25)14-12-20)28(27-22)24(29)26-16-18-5-3-2-4-6-18/h2-14,23H,15-16H2,1H3,(H,26,29)/t23-/m0/s1. The summed E-state index contributed by atoms with van der Waals surface area (Å²) in [5.41, 5.74) is 5.40. The van der Waals surface area contributed by atoms with Gasteiger partial charge in [0.2, 0.25) is 0 Å². The van der Waals surface area contributed by atoms with Crippen LogP contribution in [0.3, 0.4) is 0 Å². The molecule has 0 fully saturated rings. The van der Waals surface area contributed by atoms with Crippen LogP contribution in [0.4, 0.5) is 4.39 Å². The van der Waals surface area contributed by atoms with Gasteiger partial charge in [0.15, 0.2) is 5.11 Å². The molecule has 0 saturated heterocycles. The van der Waals surface area contributed by atoms with E-state index in [1.807, 2.05) is 23.2 Å². The molecule has 3 nitrogen and oxygen atoms in total. The zero-order chi connectivity index (χ0) is 20.2. The van der Waals surface area contributed by atoms with Crippen LogP contribution in [0.15, 0.2) is 84.0 Å². The number of aryl methyl sites for hydroxylation is 1. The highest BCUT2D eigenvalue weighted by Gasteiger charge is 2.31. The Morgan fingerprint density at radius 2 is 1.72 bits per heavy atom. The Balaban J connectivity index is 1.58. The third kappa shape index (κ3) is 4.51. The molecule has 4 rings (SSSR count). The van der Waals surface area contributed by atoms with Crippen LogP contribution in [0.5, 0.6) is 0 Å². The third-order valence-corrected chi connectivity index (χ3v) is 5.38. The van der Waals surface area contributed by atoms with E-state index < -0.39 is 0 Å². The molecule has 0 unspecified atom stereocenters. The topological polar surface area (TPSA) is 27.6 Å². The summed E-state index contributed by atoms with van der Waals surface area (Å²) >= 11 is 5.67. The van der Waals surface area contributed by atoms with Gasteiger partial charge in [-0.15, -0.1) is 0 Å². The van der Waals surface area contributed by atoms with Crippen molar-refractivity contribution in [2.24, 2.45) is 5.10 Å². The van der Waals surface area contributed by atoms with Gasteiger partial charge in [0.25, 0.3) is 0 Å². The smallest absolute Gasteiger partial charge is 0.190 e. The van der Waals surface area contributed by atoms with Crippen molar-refractivity contribution in [3.05, 3.63) is 107 Å². The molecule has 0 saturated carbocycles. The predicted octanol–water partition coefficient (Wildman–Crippen LogP) is 5.36. The molecule has 1 aliphatic heterocycles. The summed E-state index contributed by atoms with van der Waals surface area (Å²) in [7, 11) is 0. The number of nitrogens with zero attached hydrogens (tertiary/aromatic N) is 2. The van der Waals surface area contributed by atoms with Gasteiger partial charge in [0.05, 0.1) is 11.8 Å². The molecular weight excluding hydrogens is 381 g/mol. The minimum Gasteiger partial charge on any atom is -0.357 e. The van der Waals surface area contributed by atoms with E-state index in [1.165, 1.54) is 17.7 Å². The number of thiocarbonyl (C=S) groups is 1. The van der Waals surface area contributed by atoms with Gasteiger partial charge in [-0.05, 0) is 48.0 Å². The van der Waals surface area contributed by atoms with Crippen LogP contribution in [-0.4, -0.2) is 15.8 Å². The van der Waals surface area contributed by atoms with Crippen LogP contribution in [-0.2, 0) is 6.54 Å². The molecule has 0 bridgehead atoms. The lowest BCUT2D eigenvalue weighted by Gasteiger charge is -2.25. The lowest BCUT2D eigenvalue weighted by Crippen LogP contribution is -2.36. The van der Waals surface area contributed by atoms with Crippen LogP contribution >= 0.6 is 12.2 Å². The highest BCUT2D eigenvalue weighted by atomic mass is 32.1. The number of hydrazone groups is 1. The van der Waals surface area contributed by atoms with Gasteiger partial charge < -0.3 is 5.32 Å². The van der Waals surface area contributed by atoms with Crippen molar-refractivity contribution in [1.82, 2.24) is 10.3 Å². The second-order valence-corrected chi connectivity index (χ2v) is 7.56. The Morgan fingerprint density at radius 1 is 1.03 bits per heavy atom. The highest BCUT2D eigenvalue weighted by molar-refractivity contribution is 7.80. The summed E-state index contributed by atoms with van der Waals surface area (Å²) < 4.78 is 13.4. The first-order valence-corrected chi connectivity index (χ1v) is 10.0. The Morgan fingerprint density at radius 3 is 2.41 bits per heavy atom. The number of hydrogen-bond donors (Lipinski definition) is 1. The van der Waals surface area contributed by atoms with Gasteiger partial charge in [-0.2, -0.15) is 5.10 Å². The maximum Gasteiger partial charge on any atom is 0.190 e. The van der Waals surface area contributed by atoms with Crippen molar-refractivity contribution in [3.8, 4) is 0 Å². The second-order valence-electron chi connectivity index (χ2n) is 7.17. The second kappa shape index (κ2) is 8.53. The Bertz CT molecular complexity index is 1010. The molecule has 3 aromatic carbocycles. The Kier molecular flexibility index (Phi) is 5.67. The quantitative estimate of drug-likeness (QED) is 0.594. The Hall–Kier alpha value is -3.05. The number of halogens is 1. The molecule has 0 aromatic heterocycles. The van der Waals surface area contributed by atoms with Gasteiger partial charge in [-0.25, -0.2) is 9.40 Å². The number of rotatable bonds is 4. The molecule has 1 N–H and O–H groups in total. The number of nitrogens with one attached hydrogen (secondary N) is 1. The van der Waals surface area contributed by atoms with Crippen LogP contribution in [0.25, 0.3) is 0 Å². The first-order chi connectivity index (χ1) is 14.1. The van der Waals surface area contributed by atoms with Gasteiger partial charge in [-0.1, -0.05) is 72.3 Å². The summed E-state index contributed by atoms with van der Waals surface area (Å²) in [5, 5.41) is 10.6. The summed E-state index contributed by atoms with van der Waals surface area (Å²) in [6, 6.07) is 25.0. The van der Waals surface area contributed by atoms with Crippen LogP contribution in [0.1, 0.15) is 34.7 Å². The zero-order valence-corrected chi connectivity index (χ0v) is 17.0. The van der Waals surface area contributed by atoms with Crippen molar-refractivity contribution in [2.75, 3.05) is 0 Å². The van der Waals surface area contributed by atoms with E-state index in [2.05, 4.69) is 48.6 Å². The van der Waals surface area contributed by atoms with E-state index in [0.29, 0.717) is 18.1 Å². The van der Waals surface area contributed by atoms with Crippen LogP contribution in [0.2, 0.25) is 0 Å². The maximum absolute atomic E-state index is 13.4. The number of benzene rings is 3. The molecule has 0 amide bonds. The third-order valence-electron chi connectivity index (χ3n) is 5.04. The molecule has 3 aromatic rings. The van der Waals surface area contributed by atoms with E-state index in [1.54, 1.807) is 12.1 Å². The molecule has 0 spiro atoms. The minimum absolute atomic E-state index is 0.0670. The highest BCUT2D eigenvalue weighted by Crippen LogP contribution is 2.33. The van der Waals surface area contributed by atoms with Gasteiger partial charge in [0, 0.05) is 13.0 Å². The lowest BCUT2D eigenvalue weighted by atomic mass is 9.98. The molecule has 29 heavy (non-hydrogen) atoms. The molecule has 1 aliphatic rings. The first kappa shape index (κ1) is 19.3. The molecule has 0 aliphatic carbocycles. The van der Waals surface area contributed by atoms with E-state index in [-0.39, 0.29) is 11.9 Å². The van der Waals surface area contributed by atoms with Crippen molar-refractivity contribution in [1.29, 1.82) is 0 Å². The monoisotopic (exact) mass is 403 g/mol. The SMILES string of the molecule is Cc1ccc(C2=NN(C(=S)NCc3ccccc3)[C@H](c3ccc(F)cc3)C2)cc1. The molecule has 5 heteroatoms. The van der Waals surface area contributed by atoms with Gasteiger partial charge >= 0.3 is 0 Å². The first-order valence-electron chi connectivity index (χ1n) is 9.61. The average Bonchev–Trinajstić information content (AvgIpc) is 3.19. The largest absolute Gasteiger partial charge is 0.357 e. The summed E-state index contributed by atoms with van der Waals surface area (Å²) in [6.45, 7) is 2.69. The molecular formula is C24H22FN3S. The molecule has 1 heterocycles. The van der Waals surface area contributed by atoms with E-state index in [9.17, 15) is 4.39 Å². The summed E-state index contributed by atoms with van der Waals surface area (Å²) in [5.74, 6) is -0.247. The van der Waals surface area contributed by atoms with E-state index >= 15 is 0 Å². The van der Waals surface area contributed by atoms with Crippen molar-refractivity contribution in [2.45, 2.75) is 25.9 Å². The molecule has 0 radical (unpaired) electrons. The van der Waals surface area contributed by atoms with Crippen molar-refractivity contribution >= 4 is 23.0 Å². The molecule has 146 valence electrons. The number of hydrogen-bond acceptors (Lipinski definition) is 2. The van der Waals surface area contributed by atoms with Crippen LogP contribution < -0.4 is 5.32 Å². The van der Waals surface area contributed by atoms with Gasteiger partial charge in [0.1, 0.15) is 5.82 Å². The fourth-order valence-electron chi connectivity index (χ4n) is 3.42. The van der Waals surface area contributed by atoms with Crippen molar-refractivity contribution < 1.29 is 4.39 Å². The summed E-state index contributed by atoms with van der Waals surface area (Å²) in [6.07, 6.45) is 0.710. The van der Waals surface area contributed by atoms with Gasteiger partial charge in [-0.3, -0.25) is 0 Å². The predicted molar refractivity (Wildman–Crippen MR) is 119 cm³/mol. The normalized spacial score (nSPS) is 15.9. The van der Waals surface area contributed by atoms with E-state index in [4.69, 9.17) is 17.3 Å². The fraction of sp³-hybridized carbons (Fsp3) is 0.167. The van der Waals surface area contributed by atoms with Crippen molar-refractivity contribution in [3.63, 3.8) is 0 Å². The molecule has 1 atom stereocenters. The van der Waals surface area contributed by atoms with E-state index in [0.717, 1.165) is 22.4 Å². The Labute approximate surface area is 175 Å². The lowest BCUT2D eigenvalue weighted by molar-refractivity contribution is 0.363. The summed E-state index contributed by atoms with van der Waals surface area (Å²) in [4.78, 5) is 0. The fourth-order valence-corrected chi connectivity index (χ4v) is 3.66. The van der Waals surface area contributed by atoms with Crippen LogP contribution in [0, 0.1) is 12.7 Å². The maximum atomic E-state index is 13.4. The zero-order valence-electron chi connectivity index (χ0n) is 16.2. The minimum atomic E-state index is -0.247. The average molecular weight is 404 g/mol.